The molecule has 0 heterocycles. The molecule has 0 amide bonds. The van der Waals surface area contributed by atoms with E-state index in [4.69, 9.17) is 11.6 Å². The van der Waals surface area contributed by atoms with E-state index in [0.717, 1.165) is 12.1 Å². The maximum Gasteiger partial charge on any atom is 0.402 e. The molecule has 0 radical (unpaired) electrons. The first-order valence-corrected chi connectivity index (χ1v) is 7.92. The number of nitrogens with zero attached hydrogens (tertiary/aromatic N) is 1. The fourth-order valence-corrected chi connectivity index (χ4v) is 3.53. The van der Waals surface area contributed by atoms with E-state index in [2.05, 4.69) is 0 Å². The number of rotatable bonds is 5. The quantitative estimate of drug-likeness (QED) is 0.604. The third kappa shape index (κ3) is 4.31. The molecule has 0 N–H and O–H groups in total. The first-order valence-electron chi connectivity index (χ1n) is 5.94. The smallest absolute Gasteiger partial charge is 0.207 e. The standard InChI is InChI=1S/C12H14ClF4NO2S/c1-3-18(7-12(15,16)17)21(19,20)10-4-8(2)11(14)9(5-10)6-13/h4-5H,3,6-7H2,1-2H3. The van der Waals surface area contributed by atoms with Gasteiger partial charge < -0.3 is 0 Å². The second-order valence-electron chi connectivity index (χ2n) is 4.39. The second-order valence-corrected chi connectivity index (χ2v) is 6.60. The molecule has 21 heavy (non-hydrogen) atoms. The van der Waals surface area contributed by atoms with Crippen molar-refractivity contribution in [3.63, 3.8) is 0 Å². The van der Waals surface area contributed by atoms with Crippen LogP contribution in [0.3, 0.4) is 0 Å². The van der Waals surface area contributed by atoms with E-state index in [-0.39, 0.29) is 27.9 Å². The van der Waals surface area contributed by atoms with Gasteiger partial charge in [0.1, 0.15) is 12.4 Å². The Morgan fingerprint density at radius 2 is 1.86 bits per heavy atom. The van der Waals surface area contributed by atoms with Gasteiger partial charge in [0.25, 0.3) is 0 Å². The molecule has 0 saturated carbocycles. The van der Waals surface area contributed by atoms with Crippen LogP contribution in [0.2, 0.25) is 0 Å². The van der Waals surface area contributed by atoms with Crippen molar-refractivity contribution in [1.82, 2.24) is 4.31 Å². The third-order valence-corrected chi connectivity index (χ3v) is 4.98. The molecule has 0 aromatic heterocycles. The first kappa shape index (κ1) is 18.2. The highest BCUT2D eigenvalue weighted by molar-refractivity contribution is 7.89. The van der Waals surface area contributed by atoms with Crippen molar-refractivity contribution in [2.75, 3.05) is 13.1 Å². The van der Waals surface area contributed by atoms with Gasteiger partial charge in [0, 0.05) is 12.1 Å². The van der Waals surface area contributed by atoms with Crippen molar-refractivity contribution in [3.05, 3.63) is 29.1 Å². The van der Waals surface area contributed by atoms with Crippen molar-refractivity contribution in [2.45, 2.75) is 30.8 Å². The highest BCUT2D eigenvalue weighted by atomic mass is 35.5. The Kier molecular flexibility index (Phi) is 5.63. The van der Waals surface area contributed by atoms with Crippen LogP contribution in [-0.4, -0.2) is 32.0 Å². The van der Waals surface area contributed by atoms with E-state index in [0.29, 0.717) is 0 Å². The number of benzene rings is 1. The molecule has 9 heteroatoms. The lowest BCUT2D eigenvalue weighted by molar-refractivity contribution is -0.135. The summed E-state index contributed by atoms with van der Waals surface area (Å²) in [6.45, 7) is 0.666. The molecule has 1 aromatic rings. The maximum atomic E-state index is 13.7. The lowest BCUT2D eigenvalue weighted by Gasteiger charge is -2.22. The number of hydrogen-bond acceptors (Lipinski definition) is 2. The van der Waals surface area contributed by atoms with Crippen molar-refractivity contribution >= 4 is 21.6 Å². The predicted molar refractivity (Wildman–Crippen MR) is 71.2 cm³/mol. The van der Waals surface area contributed by atoms with Crippen LogP contribution in [0.1, 0.15) is 18.1 Å². The third-order valence-electron chi connectivity index (χ3n) is 2.79. The van der Waals surface area contributed by atoms with Crippen molar-refractivity contribution in [1.29, 1.82) is 0 Å². The van der Waals surface area contributed by atoms with Crippen LogP contribution in [-0.2, 0) is 15.9 Å². The van der Waals surface area contributed by atoms with Gasteiger partial charge in [-0.1, -0.05) is 6.92 Å². The van der Waals surface area contributed by atoms with Gasteiger partial charge in [-0.25, -0.2) is 12.8 Å². The summed E-state index contributed by atoms with van der Waals surface area (Å²) in [5.74, 6) is -0.940. The molecule has 0 spiro atoms. The van der Waals surface area contributed by atoms with Crippen molar-refractivity contribution in [3.8, 4) is 0 Å². The summed E-state index contributed by atoms with van der Waals surface area (Å²) in [7, 11) is -4.37. The van der Waals surface area contributed by atoms with Crippen LogP contribution in [0, 0.1) is 12.7 Å². The van der Waals surface area contributed by atoms with Crippen molar-refractivity contribution in [2.24, 2.45) is 0 Å². The van der Waals surface area contributed by atoms with E-state index in [1.165, 1.54) is 13.8 Å². The lowest BCUT2D eigenvalue weighted by atomic mass is 10.1. The monoisotopic (exact) mass is 347 g/mol. The largest absolute Gasteiger partial charge is 0.402 e. The Morgan fingerprint density at radius 1 is 1.29 bits per heavy atom. The summed E-state index contributed by atoms with van der Waals surface area (Å²) in [5, 5.41) is 0. The maximum absolute atomic E-state index is 13.7. The molecule has 3 nitrogen and oxygen atoms in total. The van der Waals surface area contributed by atoms with Gasteiger partial charge in [-0.2, -0.15) is 17.5 Å². The Hall–Kier alpha value is -0.860. The van der Waals surface area contributed by atoms with Crippen LogP contribution in [0.4, 0.5) is 17.6 Å². The van der Waals surface area contributed by atoms with Crippen LogP contribution in [0.5, 0.6) is 0 Å². The number of alkyl halides is 4. The van der Waals surface area contributed by atoms with E-state index in [1.807, 2.05) is 0 Å². The van der Waals surface area contributed by atoms with Crippen LogP contribution in [0.25, 0.3) is 0 Å². The zero-order valence-corrected chi connectivity index (χ0v) is 12.9. The minimum atomic E-state index is -4.66. The average molecular weight is 348 g/mol. The SMILES string of the molecule is CCN(CC(F)(F)F)S(=O)(=O)c1cc(C)c(F)c(CCl)c1. The highest BCUT2D eigenvalue weighted by Gasteiger charge is 2.36. The number of aryl methyl sites for hydroxylation is 1. The minimum Gasteiger partial charge on any atom is -0.207 e. The average Bonchev–Trinajstić information content (AvgIpc) is 2.37. The molecule has 0 fully saturated rings. The summed E-state index contributed by atoms with van der Waals surface area (Å²) < 4.78 is 75.7. The van der Waals surface area contributed by atoms with E-state index in [1.54, 1.807) is 0 Å². The molecule has 0 atom stereocenters. The summed E-state index contributed by atoms with van der Waals surface area (Å²) in [6, 6.07) is 1.96. The van der Waals surface area contributed by atoms with Gasteiger partial charge in [0.05, 0.1) is 10.8 Å². The predicted octanol–water partition coefficient (Wildman–Crippen LogP) is 3.45. The molecule has 0 unspecified atom stereocenters. The van der Waals surface area contributed by atoms with Crippen LogP contribution >= 0.6 is 11.6 Å². The number of sulfonamides is 1. The van der Waals surface area contributed by atoms with Gasteiger partial charge in [-0.05, 0) is 24.6 Å². The molecular formula is C12H14ClF4NO2S. The normalized spacial score (nSPS) is 13.0. The number of halogens is 5. The van der Waals surface area contributed by atoms with Gasteiger partial charge in [-0.3, -0.25) is 0 Å². The lowest BCUT2D eigenvalue weighted by Crippen LogP contribution is -2.38. The highest BCUT2D eigenvalue weighted by Crippen LogP contribution is 2.26. The van der Waals surface area contributed by atoms with E-state index in [9.17, 15) is 26.0 Å². The van der Waals surface area contributed by atoms with E-state index >= 15 is 0 Å². The van der Waals surface area contributed by atoms with E-state index < -0.39 is 33.5 Å². The summed E-state index contributed by atoms with van der Waals surface area (Å²) in [4.78, 5) is -0.400. The fraction of sp³-hybridized carbons (Fsp3) is 0.500. The number of hydrogen-bond donors (Lipinski definition) is 0. The Morgan fingerprint density at radius 3 is 2.29 bits per heavy atom. The Balaban J connectivity index is 3.32. The summed E-state index contributed by atoms with van der Waals surface area (Å²) >= 11 is 5.52. The van der Waals surface area contributed by atoms with Gasteiger partial charge >= 0.3 is 6.18 Å². The zero-order chi connectivity index (χ0) is 16.4. The minimum absolute atomic E-state index is 0.00906. The summed E-state index contributed by atoms with van der Waals surface area (Å²) in [5.41, 5.74) is -0.0620. The topological polar surface area (TPSA) is 37.4 Å². The Bertz CT molecular complexity index is 616. The molecule has 0 aliphatic carbocycles. The molecule has 1 rings (SSSR count). The second kappa shape index (κ2) is 6.50. The Labute approximate surface area is 125 Å². The summed E-state index contributed by atoms with van der Waals surface area (Å²) in [6.07, 6.45) is -4.66. The van der Waals surface area contributed by atoms with Crippen LogP contribution in [0.15, 0.2) is 17.0 Å². The fourth-order valence-electron chi connectivity index (χ4n) is 1.77. The zero-order valence-electron chi connectivity index (χ0n) is 11.3. The van der Waals surface area contributed by atoms with Gasteiger partial charge in [0.2, 0.25) is 10.0 Å². The molecule has 1 aromatic carbocycles. The van der Waals surface area contributed by atoms with Crippen LogP contribution < -0.4 is 0 Å². The molecule has 0 saturated heterocycles. The molecular weight excluding hydrogens is 334 g/mol. The van der Waals surface area contributed by atoms with Crippen molar-refractivity contribution < 1.29 is 26.0 Å². The first-order chi connectivity index (χ1) is 9.52. The molecule has 0 aliphatic heterocycles. The molecule has 120 valence electrons. The molecule has 0 bridgehead atoms. The van der Waals surface area contributed by atoms with Gasteiger partial charge in [-0.15, -0.1) is 11.6 Å². The molecule has 0 aliphatic rings. The van der Waals surface area contributed by atoms with Gasteiger partial charge in [0.15, 0.2) is 0 Å².